The van der Waals surface area contributed by atoms with Gasteiger partial charge in [-0.25, -0.2) is 0 Å². The SMILES string of the molecule is CNC1CC2CCCC(C1)N2CCN1CCCCC1. The molecule has 0 aromatic rings. The van der Waals surface area contributed by atoms with Crippen LogP contribution in [0.5, 0.6) is 0 Å². The van der Waals surface area contributed by atoms with Crippen LogP contribution in [0, 0.1) is 0 Å². The molecule has 19 heavy (non-hydrogen) atoms. The highest BCUT2D eigenvalue weighted by atomic mass is 15.2. The Balaban J connectivity index is 1.52. The maximum atomic E-state index is 3.52. The highest BCUT2D eigenvalue weighted by Crippen LogP contribution is 2.33. The largest absolute Gasteiger partial charge is 0.317 e. The van der Waals surface area contributed by atoms with Gasteiger partial charge in [-0.05, 0) is 58.7 Å². The minimum absolute atomic E-state index is 0.779. The van der Waals surface area contributed by atoms with E-state index in [0.29, 0.717) is 0 Å². The number of fused-ring (bicyclic) bond motifs is 2. The van der Waals surface area contributed by atoms with Gasteiger partial charge in [0.05, 0.1) is 0 Å². The molecule has 1 N–H and O–H groups in total. The second-order valence-electron chi connectivity index (χ2n) is 6.84. The van der Waals surface area contributed by atoms with Crippen molar-refractivity contribution in [3.8, 4) is 0 Å². The minimum Gasteiger partial charge on any atom is -0.317 e. The van der Waals surface area contributed by atoms with Crippen LogP contribution in [0.2, 0.25) is 0 Å². The summed E-state index contributed by atoms with van der Waals surface area (Å²) in [6.45, 7) is 5.34. The van der Waals surface area contributed by atoms with Crippen molar-refractivity contribution in [2.24, 2.45) is 0 Å². The van der Waals surface area contributed by atoms with E-state index in [1.807, 2.05) is 0 Å². The first-order valence-corrected chi connectivity index (χ1v) is 8.52. The summed E-state index contributed by atoms with van der Waals surface area (Å²) in [4.78, 5) is 5.56. The molecular weight excluding hydrogens is 234 g/mol. The van der Waals surface area contributed by atoms with Crippen molar-refractivity contribution in [3.63, 3.8) is 0 Å². The van der Waals surface area contributed by atoms with Crippen LogP contribution in [-0.4, -0.2) is 61.2 Å². The minimum atomic E-state index is 0.779. The lowest BCUT2D eigenvalue weighted by atomic mass is 9.82. The van der Waals surface area contributed by atoms with Crippen LogP contribution in [0.3, 0.4) is 0 Å². The Morgan fingerprint density at radius 1 is 0.895 bits per heavy atom. The van der Waals surface area contributed by atoms with Crippen molar-refractivity contribution in [3.05, 3.63) is 0 Å². The van der Waals surface area contributed by atoms with E-state index < -0.39 is 0 Å². The van der Waals surface area contributed by atoms with Crippen molar-refractivity contribution in [2.45, 2.75) is 69.5 Å². The van der Waals surface area contributed by atoms with Crippen LogP contribution in [0.4, 0.5) is 0 Å². The molecule has 3 nitrogen and oxygen atoms in total. The molecule has 2 bridgehead atoms. The molecule has 0 aromatic heterocycles. The van der Waals surface area contributed by atoms with E-state index in [9.17, 15) is 0 Å². The third-order valence-electron chi connectivity index (χ3n) is 5.66. The molecule has 0 spiro atoms. The third-order valence-corrected chi connectivity index (χ3v) is 5.66. The zero-order chi connectivity index (χ0) is 13.1. The van der Waals surface area contributed by atoms with Crippen LogP contribution >= 0.6 is 0 Å². The molecule has 3 rings (SSSR count). The number of nitrogens with one attached hydrogen (secondary N) is 1. The molecule has 3 heteroatoms. The average molecular weight is 265 g/mol. The van der Waals surface area contributed by atoms with Gasteiger partial charge in [0, 0.05) is 31.2 Å². The first kappa shape index (κ1) is 13.8. The summed E-state index contributed by atoms with van der Waals surface area (Å²) < 4.78 is 0. The smallest absolute Gasteiger partial charge is 0.0115 e. The van der Waals surface area contributed by atoms with Gasteiger partial charge in [-0.15, -0.1) is 0 Å². The van der Waals surface area contributed by atoms with Crippen molar-refractivity contribution in [1.82, 2.24) is 15.1 Å². The quantitative estimate of drug-likeness (QED) is 0.839. The van der Waals surface area contributed by atoms with Crippen LogP contribution in [0.25, 0.3) is 0 Å². The third kappa shape index (κ3) is 3.32. The highest BCUT2D eigenvalue weighted by Gasteiger charge is 2.37. The van der Waals surface area contributed by atoms with Gasteiger partial charge < -0.3 is 10.2 Å². The molecule has 3 saturated heterocycles. The predicted octanol–water partition coefficient (Wildman–Crippen LogP) is 2.08. The summed E-state index contributed by atoms with van der Waals surface area (Å²) in [5.74, 6) is 0. The fourth-order valence-electron chi connectivity index (χ4n) is 4.52. The molecule has 2 atom stereocenters. The standard InChI is InChI=1S/C16H31N3/c1-17-14-12-15-6-5-7-16(13-14)19(15)11-10-18-8-3-2-4-9-18/h14-17H,2-13H2,1H3. The summed E-state index contributed by atoms with van der Waals surface area (Å²) in [7, 11) is 2.14. The normalized spacial score (nSPS) is 37.4. The van der Waals surface area contributed by atoms with Gasteiger partial charge in [0.2, 0.25) is 0 Å². The monoisotopic (exact) mass is 265 g/mol. The van der Waals surface area contributed by atoms with E-state index in [2.05, 4.69) is 22.2 Å². The van der Waals surface area contributed by atoms with Crippen molar-refractivity contribution >= 4 is 0 Å². The van der Waals surface area contributed by atoms with Crippen LogP contribution in [0.1, 0.15) is 51.4 Å². The Labute approximate surface area is 118 Å². The Hall–Kier alpha value is -0.120. The molecule has 3 aliphatic rings. The fourth-order valence-corrected chi connectivity index (χ4v) is 4.52. The van der Waals surface area contributed by atoms with Gasteiger partial charge in [0.15, 0.2) is 0 Å². The first-order valence-electron chi connectivity index (χ1n) is 8.52. The number of nitrogens with zero attached hydrogens (tertiary/aromatic N) is 2. The molecule has 3 fully saturated rings. The van der Waals surface area contributed by atoms with Gasteiger partial charge in [-0.2, -0.15) is 0 Å². The lowest BCUT2D eigenvalue weighted by Crippen LogP contribution is -2.57. The summed E-state index contributed by atoms with van der Waals surface area (Å²) in [6.07, 6.45) is 11.4. The zero-order valence-corrected chi connectivity index (χ0v) is 12.6. The van der Waals surface area contributed by atoms with Crippen LogP contribution in [-0.2, 0) is 0 Å². The molecule has 3 aliphatic heterocycles. The molecule has 0 saturated carbocycles. The van der Waals surface area contributed by atoms with Gasteiger partial charge in [0.1, 0.15) is 0 Å². The molecule has 3 heterocycles. The molecule has 110 valence electrons. The zero-order valence-electron chi connectivity index (χ0n) is 12.6. The molecule has 0 aliphatic carbocycles. The van der Waals surface area contributed by atoms with Gasteiger partial charge in [0.25, 0.3) is 0 Å². The number of hydrogen-bond donors (Lipinski definition) is 1. The van der Waals surface area contributed by atoms with Gasteiger partial charge in [-0.1, -0.05) is 12.8 Å². The van der Waals surface area contributed by atoms with E-state index in [1.54, 1.807) is 0 Å². The first-order chi connectivity index (χ1) is 9.36. The highest BCUT2D eigenvalue weighted by molar-refractivity contribution is 4.94. The van der Waals surface area contributed by atoms with Crippen molar-refractivity contribution in [2.75, 3.05) is 33.2 Å². The molecule has 0 radical (unpaired) electrons. The van der Waals surface area contributed by atoms with E-state index in [-0.39, 0.29) is 0 Å². The lowest BCUT2D eigenvalue weighted by molar-refractivity contribution is 0.0171. The van der Waals surface area contributed by atoms with E-state index >= 15 is 0 Å². The Bertz CT molecular complexity index is 261. The Morgan fingerprint density at radius 2 is 1.58 bits per heavy atom. The summed E-state index contributed by atoms with van der Waals surface area (Å²) in [6, 6.07) is 2.52. The summed E-state index contributed by atoms with van der Waals surface area (Å²) in [5.41, 5.74) is 0. The number of piperidine rings is 3. The maximum absolute atomic E-state index is 3.52. The molecular formula is C16H31N3. The summed E-state index contributed by atoms with van der Waals surface area (Å²) >= 11 is 0. The van der Waals surface area contributed by atoms with Crippen molar-refractivity contribution in [1.29, 1.82) is 0 Å². The second-order valence-corrected chi connectivity index (χ2v) is 6.84. The molecule has 0 amide bonds. The summed E-state index contributed by atoms with van der Waals surface area (Å²) in [5, 5.41) is 3.52. The Kier molecular flexibility index (Phi) is 4.78. The van der Waals surface area contributed by atoms with E-state index in [4.69, 9.17) is 0 Å². The molecule has 2 unspecified atom stereocenters. The predicted molar refractivity (Wildman–Crippen MR) is 80.5 cm³/mol. The lowest BCUT2D eigenvalue weighted by Gasteiger charge is -2.49. The Morgan fingerprint density at radius 3 is 2.21 bits per heavy atom. The number of hydrogen-bond acceptors (Lipinski definition) is 3. The van der Waals surface area contributed by atoms with E-state index in [0.717, 1.165) is 18.1 Å². The fraction of sp³-hybridized carbons (Fsp3) is 1.00. The number of likely N-dealkylation sites (tertiary alicyclic amines) is 1. The average Bonchev–Trinajstić information content (AvgIpc) is 2.45. The molecule has 0 aromatic carbocycles. The second kappa shape index (κ2) is 6.55. The van der Waals surface area contributed by atoms with Gasteiger partial charge in [-0.3, -0.25) is 4.90 Å². The van der Waals surface area contributed by atoms with E-state index in [1.165, 1.54) is 77.5 Å². The topological polar surface area (TPSA) is 18.5 Å². The van der Waals surface area contributed by atoms with Crippen LogP contribution < -0.4 is 5.32 Å². The maximum Gasteiger partial charge on any atom is 0.0115 e. The van der Waals surface area contributed by atoms with Crippen molar-refractivity contribution < 1.29 is 0 Å². The number of rotatable bonds is 4. The van der Waals surface area contributed by atoms with Gasteiger partial charge >= 0.3 is 0 Å². The van der Waals surface area contributed by atoms with Crippen LogP contribution in [0.15, 0.2) is 0 Å².